The molecule has 126 valence electrons. The highest BCUT2D eigenvalue weighted by Gasteiger charge is 2.07. The third-order valence-corrected chi connectivity index (χ3v) is 3.26. The fourth-order valence-electron chi connectivity index (χ4n) is 1.97. The third kappa shape index (κ3) is 4.74. The number of carbonyl (C=O) groups is 1. The maximum atomic E-state index is 11.9. The fraction of sp³-hybridized carbons (Fsp3) is 0.222. The molecular weight excluding hydrogens is 308 g/mol. The van der Waals surface area contributed by atoms with Crippen LogP contribution in [0.3, 0.4) is 0 Å². The van der Waals surface area contributed by atoms with E-state index in [1.54, 1.807) is 39.3 Å². The van der Waals surface area contributed by atoms with E-state index >= 15 is 0 Å². The molecule has 1 N–H and O–H groups in total. The Morgan fingerprint density at radius 1 is 1.04 bits per heavy atom. The van der Waals surface area contributed by atoms with Crippen LogP contribution in [0, 0.1) is 0 Å². The van der Waals surface area contributed by atoms with Crippen LogP contribution in [0.2, 0.25) is 0 Å². The minimum absolute atomic E-state index is 0.157. The lowest BCUT2D eigenvalue weighted by molar-refractivity contribution is -0.123. The Hall–Kier alpha value is -3.02. The molecule has 0 spiro atoms. The van der Waals surface area contributed by atoms with Crippen LogP contribution in [0.5, 0.6) is 17.2 Å². The molecule has 0 saturated carbocycles. The predicted molar refractivity (Wildman–Crippen MR) is 91.8 cm³/mol. The van der Waals surface area contributed by atoms with E-state index in [-0.39, 0.29) is 12.5 Å². The summed E-state index contributed by atoms with van der Waals surface area (Å²) in [5, 5.41) is 4.07. The summed E-state index contributed by atoms with van der Waals surface area (Å²) in [6.07, 6.45) is 0. The number of benzene rings is 2. The van der Waals surface area contributed by atoms with Gasteiger partial charge in [-0.15, -0.1) is 0 Å². The number of methoxy groups -OCH3 is 2. The first kappa shape index (κ1) is 17.3. The number of rotatable bonds is 7. The number of hydrogen-bond acceptors (Lipinski definition) is 5. The summed E-state index contributed by atoms with van der Waals surface area (Å²) in [6, 6.07) is 14.6. The molecule has 6 nitrogen and oxygen atoms in total. The number of amides is 1. The van der Waals surface area contributed by atoms with E-state index in [1.807, 2.05) is 30.3 Å². The molecule has 0 heterocycles. The molecule has 2 aromatic rings. The third-order valence-electron chi connectivity index (χ3n) is 3.26. The van der Waals surface area contributed by atoms with Crippen molar-refractivity contribution in [3.8, 4) is 17.2 Å². The molecule has 0 aliphatic carbocycles. The number of hydrogen-bond donors (Lipinski definition) is 1. The molecule has 6 heteroatoms. The second-order valence-electron chi connectivity index (χ2n) is 4.90. The van der Waals surface area contributed by atoms with Gasteiger partial charge in [-0.05, 0) is 31.2 Å². The lowest BCUT2D eigenvalue weighted by Gasteiger charge is -2.09. The maximum Gasteiger partial charge on any atom is 0.277 e. The first-order valence-electron chi connectivity index (χ1n) is 7.37. The van der Waals surface area contributed by atoms with Gasteiger partial charge in [0.05, 0.1) is 19.9 Å². The monoisotopic (exact) mass is 328 g/mol. The van der Waals surface area contributed by atoms with E-state index in [0.29, 0.717) is 17.2 Å². The number of para-hydroxylation sites is 2. The molecule has 0 radical (unpaired) electrons. The van der Waals surface area contributed by atoms with Crippen molar-refractivity contribution in [2.45, 2.75) is 6.92 Å². The van der Waals surface area contributed by atoms with Gasteiger partial charge in [0.15, 0.2) is 18.1 Å². The summed E-state index contributed by atoms with van der Waals surface area (Å²) in [5.41, 5.74) is 4.00. The van der Waals surface area contributed by atoms with Gasteiger partial charge in [0.25, 0.3) is 5.91 Å². The van der Waals surface area contributed by atoms with Gasteiger partial charge in [-0.25, -0.2) is 5.43 Å². The number of hydrazone groups is 1. The SMILES string of the molecule is COc1cccc(/C(C)=N\NC(=O)COc2ccccc2OC)c1. The summed E-state index contributed by atoms with van der Waals surface area (Å²) in [6.45, 7) is 1.64. The Balaban J connectivity index is 1.92. The topological polar surface area (TPSA) is 69.2 Å². The van der Waals surface area contributed by atoms with Crippen molar-refractivity contribution in [1.29, 1.82) is 0 Å². The van der Waals surface area contributed by atoms with Crippen LogP contribution in [0.25, 0.3) is 0 Å². The first-order chi connectivity index (χ1) is 11.6. The van der Waals surface area contributed by atoms with Crippen LogP contribution >= 0.6 is 0 Å². The molecule has 2 aromatic carbocycles. The molecular formula is C18H20N2O4. The van der Waals surface area contributed by atoms with E-state index in [9.17, 15) is 4.79 Å². The van der Waals surface area contributed by atoms with Gasteiger partial charge in [-0.1, -0.05) is 24.3 Å². The fourth-order valence-corrected chi connectivity index (χ4v) is 1.97. The minimum atomic E-state index is -0.358. The van der Waals surface area contributed by atoms with Gasteiger partial charge >= 0.3 is 0 Å². The van der Waals surface area contributed by atoms with Crippen LogP contribution in [0.1, 0.15) is 12.5 Å². The van der Waals surface area contributed by atoms with Gasteiger partial charge in [0.2, 0.25) is 0 Å². The predicted octanol–water partition coefficient (Wildman–Crippen LogP) is 2.62. The molecule has 0 atom stereocenters. The average molecular weight is 328 g/mol. The lowest BCUT2D eigenvalue weighted by Crippen LogP contribution is -2.25. The van der Waals surface area contributed by atoms with E-state index in [1.165, 1.54) is 0 Å². The van der Waals surface area contributed by atoms with Crippen LogP contribution in [0.4, 0.5) is 0 Å². The Bertz CT molecular complexity index is 728. The molecule has 0 aromatic heterocycles. The van der Waals surface area contributed by atoms with Gasteiger partial charge in [-0.2, -0.15) is 5.10 Å². The highest BCUT2D eigenvalue weighted by Crippen LogP contribution is 2.25. The highest BCUT2D eigenvalue weighted by atomic mass is 16.5. The molecule has 24 heavy (non-hydrogen) atoms. The van der Waals surface area contributed by atoms with Crippen LogP contribution < -0.4 is 19.6 Å². The largest absolute Gasteiger partial charge is 0.497 e. The number of carbonyl (C=O) groups excluding carboxylic acids is 1. The molecule has 0 aliphatic rings. The molecule has 1 amide bonds. The van der Waals surface area contributed by atoms with Crippen molar-refractivity contribution in [2.75, 3.05) is 20.8 Å². The van der Waals surface area contributed by atoms with E-state index in [0.717, 1.165) is 11.3 Å². The first-order valence-corrected chi connectivity index (χ1v) is 7.37. The Morgan fingerprint density at radius 3 is 2.50 bits per heavy atom. The van der Waals surface area contributed by atoms with Gasteiger partial charge < -0.3 is 14.2 Å². The van der Waals surface area contributed by atoms with E-state index in [4.69, 9.17) is 14.2 Å². The van der Waals surface area contributed by atoms with E-state index < -0.39 is 0 Å². The molecule has 0 aliphatic heterocycles. The van der Waals surface area contributed by atoms with Gasteiger partial charge in [-0.3, -0.25) is 4.79 Å². The lowest BCUT2D eigenvalue weighted by atomic mass is 10.1. The zero-order valence-corrected chi connectivity index (χ0v) is 13.9. The van der Waals surface area contributed by atoms with Crippen molar-refractivity contribution in [3.63, 3.8) is 0 Å². The Labute approximate surface area is 141 Å². The normalized spacial score (nSPS) is 10.9. The average Bonchev–Trinajstić information content (AvgIpc) is 2.64. The van der Waals surface area contributed by atoms with Gasteiger partial charge in [0, 0.05) is 5.56 Å². The highest BCUT2D eigenvalue weighted by molar-refractivity contribution is 5.99. The summed E-state index contributed by atoms with van der Waals surface area (Å²) >= 11 is 0. The molecule has 0 fully saturated rings. The second kappa shape index (κ2) is 8.57. The van der Waals surface area contributed by atoms with Crippen LogP contribution in [0.15, 0.2) is 53.6 Å². The van der Waals surface area contributed by atoms with Crippen molar-refractivity contribution in [1.82, 2.24) is 5.43 Å². The summed E-state index contributed by atoms with van der Waals surface area (Å²) in [5.74, 6) is 1.45. The number of ether oxygens (including phenoxy) is 3. The zero-order chi connectivity index (χ0) is 17.4. The minimum Gasteiger partial charge on any atom is -0.497 e. The van der Waals surface area contributed by atoms with Crippen molar-refractivity contribution in [2.24, 2.45) is 5.10 Å². The Morgan fingerprint density at radius 2 is 1.79 bits per heavy atom. The molecule has 0 bridgehead atoms. The summed E-state index contributed by atoms with van der Waals surface area (Å²) in [7, 11) is 3.15. The van der Waals surface area contributed by atoms with Gasteiger partial charge in [0.1, 0.15) is 5.75 Å². The molecule has 2 rings (SSSR count). The summed E-state index contributed by atoms with van der Waals surface area (Å²) < 4.78 is 15.8. The standard InChI is InChI=1S/C18H20N2O4/c1-13(14-7-6-8-15(11-14)22-2)19-20-18(21)12-24-17-10-5-4-9-16(17)23-3/h4-11H,12H2,1-3H3,(H,20,21)/b19-13-. The maximum absolute atomic E-state index is 11.9. The summed E-state index contributed by atoms with van der Waals surface area (Å²) in [4.78, 5) is 11.9. The molecule has 0 saturated heterocycles. The van der Waals surface area contributed by atoms with Crippen LogP contribution in [-0.2, 0) is 4.79 Å². The van der Waals surface area contributed by atoms with Crippen molar-refractivity contribution in [3.05, 3.63) is 54.1 Å². The molecule has 0 unspecified atom stereocenters. The smallest absolute Gasteiger partial charge is 0.277 e. The van der Waals surface area contributed by atoms with Crippen molar-refractivity contribution >= 4 is 11.6 Å². The van der Waals surface area contributed by atoms with E-state index in [2.05, 4.69) is 10.5 Å². The number of nitrogens with one attached hydrogen (secondary N) is 1. The second-order valence-corrected chi connectivity index (χ2v) is 4.90. The zero-order valence-electron chi connectivity index (χ0n) is 13.9. The van der Waals surface area contributed by atoms with Crippen LogP contribution in [-0.4, -0.2) is 32.4 Å². The quantitative estimate of drug-likeness (QED) is 0.626. The number of nitrogens with zero attached hydrogens (tertiary/aromatic N) is 1. The Kier molecular flexibility index (Phi) is 6.19. The van der Waals surface area contributed by atoms with Crippen molar-refractivity contribution < 1.29 is 19.0 Å².